The molecule has 0 aliphatic carbocycles. The molecule has 0 saturated heterocycles. The van der Waals surface area contributed by atoms with Gasteiger partial charge in [-0.1, -0.05) is 23.7 Å². The molecule has 0 atom stereocenters. The molecule has 6 heteroatoms. The number of thiazole rings is 1. The van der Waals surface area contributed by atoms with Crippen LogP contribution in [0.2, 0.25) is 5.02 Å². The zero-order valence-electron chi connectivity index (χ0n) is 14.3. The number of benzene rings is 1. The highest BCUT2D eigenvalue weighted by molar-refractivity contribution is 7.09. The van der Waals surface area contributed by atoms with Gasteiger partial charge in [0.25, 0.3) is 0 Å². The monoisotopic (exact) mass is 385 g/mol. The zero-order chi connectivity index (χ0) is 18.2. The Morgan fingerprint density at radius 2 is 1.73 bits per heavy atom. The lowest BCUT2D eigenvalue weighted by molar-refractivity contribution is -0.120. The van der Waals surface area contributed by atoms with E-state index in [0.29, 0.717) is 13.0 Å². The minimum absolute atomic E-state index is 0.00458. The second-order valence-electron chi connectivity index (χ2n) is 5.99. The molecule has 0 spiro atoms. The topological polar surface area (TPSA) is 54.9 Å². The minimum Gasteiger partial charge on any atom is -0.355 e. The summed E-state index contributed by atoms with van der Waals surface area (Å²) in [6.07, 6.45) is 6.53. The van der Waals surface area contributed by atoms with E-state index in [-0.39, 0.29) is 5.91 Å². The molecule has 3 rings (SSSR count). The lowest BCUT2D eigenvalue weighted by Gasteiger charge is -2.04. The molecule has 0 saturated carbocycles. The summed E-state index contributed by atoms with van der Waals surface area (Å²) in [6, 6.07) is 11.7. The smallest absolute Gasteiger partial charge is 0.226 e. The maximum Gasteiger partial charge on any atom is 0.226 e. The quantitative estimate of drug-likeness (QED) is 0.640. The number of hydrogen-bond donors (Lipinski definition) is 1. The number of rotatable bonds is 8. The van der Waals surface area contributed by atoms with Gasteiger partial charge >= 0.3 is 0 Å². The van der Waals surface area contributed by atoms with E-state index >= 15 is 0 Å². The van der Waals surface area contributed by atoms with Crippen LogP contribution in [0.5, 0.6) is 0 Å². The van der Waals surface area contributed by atoms with Crippen LogP contribution in [0.25, 0.3) is 0 Å². The lowest BCUT2D eigenvalue weighted by atomic mass is 10.1. The van der Waals surface area contributed by atoms with Gasteiger partial charge in [0.05, 0.1) is 17.1 Å². The normalized spacial score (nSPS) is 10.7. The Morgan fingerprint density at radius 3 is 2.50 bits per heavy atom. The van der Waals surface area contributed by atoms with E-state index in [0.717, 1.165) is 40.6 Å². The van der Waals surface area contributed by atoms with E-state index in [1.165, 1.54) is 5.56 Å². The fraction of sp³-hybridized carbons (Fsp3) is 0.250. The van der Waals surface area contributed by atoms with Gasteiger partial charge < -0.3 is 5.32 Å². The first-order valence-electron chi connectivity index (χ1n) is 8.52. The van der Waals surface area contributed by atoms with Crippen LogP contribution < -0.4 is 5.32 Å². The molecule has 1 aromatic carbocycles. The van der Waals surface area contributed by atoms with Gasteiger partial charge in [0.15, 0.2) is 0 Å². The number of aryl methyl sites for hydroxylation is 2. The summed E-state index contributed by atoms with van der Waals surface area (Å²) in [5, 5.41) is 6.70. The highest BCUT2D eigenvalue weighted by Crippen LogP contribution is 2.13. The first-order valence-corrected chi connectivity index (χ1v) is 9.78. The van der Waals surface area contributed by atoms with E-state index in [1.807, 2.05) is 41.8 Å². The predicted octanol–water partition coefficient (Wildman–Crippen LogP) is 3.88. The van der Waals surface area contributed by atoms with E-state index in [1.54, 1.807) is 23.7 Å². The van der Waals surface area contributed by atoms with Gasteiger partial charge in [0.1, 0.15) is 0 Å². The van der Waals surface area contributed by atoms with Crippen molar-refractivity contribution in [3.05, 3.63) is 81.0 Å². The average Bonchev–Trinajstić information content (AvgIpc) is 3.10. The van der Waals surface area contributed by atoms with Crippen molar-refractivity contribution in [3.8, 4) is 0 Å². The number of amides is 1. The molecule has 3 aromatic rings. The number of halogens is 1. The Labute approximate surface area is 162 Å². The zero-order valence-corrected chi connectivity index (χ0v) is 15.9. The SMILES string of the molecule is O=C(Cc1csc(CCc2ccncc2)n1)NCCc1ccc(Cl)cc1. The van der Waals surface area contributed by atoms with Crippen molar-refractivity contribution in [1.82, 2.24) is 15.3 Å². The van der Waals surface area contributed by atoms with Crippen LogP contribution in [0, 0.1) is 0 Å². The van der Waals surface area contributed by atoms with Crippen LogP contribution >= 0.6 is 22.9 Å². The fourth-order valence-corrected chi connectivity index (χ4v) is 3.49. The first-order chi connectivity index (χ1) is 12.7. The van der Waals surface area contributed by atoms with Crippen molar-refractivity contribution >= 4 is 28.8 Å². The summed E-state index contributed by atoms with van der Waals surface area (Å²) in [5.41, 5.74) is 3.24. The Kier molecular flexibility index (Phi) is 6.75. The molecule has 134 valence electrons. The second kappa shape index (κ2) is 9.46. The van der Waals surface area contributed by atoms with Crippen LogP contribution in [0.3, 0.4) is 0 Å². The third kappa shape index (κ3) is 5.93. The van der Waals surface area contributed by atoms with Crippen LogP contribution in [-0.4, -0.2) is 22.4 Å². The van der Waals surface area contributed by atoms with E-state index in [9.17, 15) is 4.79 Å². The van der Waals surface area contributed by atoms with E-state index in [4.69, 9.17) is 11.6 Å². The van der Waals surface area contributed by atoms with Crippen LogP contribution in [0.15, 0.2) is 54.2 Å². The third-order valence-corrected chi connectivity index (χ3v) is 5.18. The molecular weight excluding hydrogens is 366 g/mol. The minimum atomic E-state index is 0.00458. The molecule has 0 fully saturated rings. The van der Waals surface area contributed by atoms with Gasteiger partial charge in [0, 0.05) is 35.8 Å². The highest BCUT2D eigenvalue weighted by atomic mass is 35.5. The molecule has 26 heavy (non-hydrogen) atoms. The van der Waals surface area contributed by atoms with Crippen molar-refractivity contribution in [1.29, 1.82) is 0 Å². The maximum atomic E-state index is 12.1. The molecule has 1 amide bonds. The summed E-state index contributed by atoms with van der Waals surface area (Å²) in [7, 11) is 0. The number of nitrogens with one attached hydrogen (secondary N) is 1. The number of carbonyl (C=O) groups is 1. The van der Waals surface area contributed by atoms with Gasteiger partial charge in [-0.25, -0.2) is 4.98 Å². The standard InChI is InChI=1S/C20H20ClN3OS/c21-17-4-1-15(2-5-17)9-12-23-19(25)13-18-14-26-20(24-18)6-3-16-7-10-22-11-8-16/h1-2,4-5,7-8,10-11,14H,3,6,9,12-13H2,(H,23,25). The lowest BCUT2D eigenvalue weighted by Crippen LogP contribution is -2.27. The fourth-order valence-electron chi connectivity index (χ4n) is 2.57. The predicted molar refractivity (Wildman–Crippen MR) is 106 cm³/mol. The molecule has 2 heterocycles. The van der Waals surface area contributed by atoms with Crippen molar-refractivity contribution in [3.63, 3.8) is 0 Å². The average molecular weight is 386 g/mol. The number of carbonyl (C=O) groups excluding carboxylic acids is 1. The van der Waals surface area contributed by atoms with Gasteiger partial charge in [-0.3, -0.25) is 9.78 Å². The molecule has 2 aromatic heterocycles. The molecule has 4 nitrogen and oxygen atoms in total. The van der Waals surface area contributed by atoms with Crippen molar-refractivity contribution in [2.45, 2.75) is 25.7 Å². The van der Waals surface area contributed by atoms with E-state index in [2.05, 4.69) is 15.3 Å². The number of aromatic nitrogens is 2. The van der Waals surface area contributed by atoms with Crippen molar-refractivity contribution in [2.24, 2.45) is 0 Å². The Bertz CT molecular complexity index is 834. The summed E-state index contributed by atoms with van der Waals surface area (Å²) >= 11 is 7.48. The van der Waals surface area contributed by atoms with E-state index < -0.39 is 0 Å². The molecule has 0 aliphatic heterocycles. The number of pyridine rings is 1. The Hall–Kier alpha value is -2.24. The molecule has 0 bridgehead atoms. The molecular formula is C20H20ClN3OS. The summed E-state index contributed by atoms with van der Waals surface area (Å²) < 4.78 is 0. The molecule has 0 radical (unpaired) electrons. The molecule has 0 aliphatic rings. The second-order valence-corrected chi connectivity index (χ2v) is 7.37. The van der Waals surface area contributed by atoms with Crippen molar-refractivity contribution < 1.29 is 4.79 Å². The van der Waals surface area contributed by atoms with Gasteiger partial charge in [-0.15, -0.1) is 11.3 Å². The third-order valence-electron chi connectivity index (χ3n) is 3.97. The van der Waals surface area contributed by atoms with Crippen LogP contribution in [0.4, 0.5) is 0 Å². The van der Waals surface area contributed by atoms with Gasteiger partial charge in [-0.2, -0.15) is 0 Å². The summed E-state index contributed by atoms with van der Waals surface area (Å²) in [4.78, 5) is 20.7. The summed E-state index contributed by atoms with van der Waals surface area (Å²) in [5.74, 6) is 0.00458. The van der Waals surface area contributed by atoms with Gasteiger partial charge in [0.2, 0.25) is 5.91 Å². The Morgan fingerprint density at radius 1 is 1.00 bits per heavy atom. The largest absolute Gasteiger partial charge is 0.355 e. The molecule has 1 N–H and O–H groups in total. The number of hydrogen-bond acceptors (Lipinski definition) is 4. The first kappa shape index (κ1) is 18.5. The van der Waals surface area contributed by atoms with Gasteiger partial charge in [-0.05, 0) is 48.2 Å². The highest BCUT2D eigenvalue weighted by Gasteiger charge is 2.08. The van der Waals surface area contributed by atoms with Crippen LogP contribution in [0.1, 0.15) is 21.8 Å². The Balaban J connectivity index is 1.40. The van der Waals surface area contributed by atoms with Crippen LogP contribution in [-0.2, 0) is 30.5 Å². The maximum absolute atomic E-state index is 12.1. The number of nitrogens with zero attached hydrogens (tertiary/aromatic N) is 2. The molecule has 0 unspecified atom stereocenters. The summed E-state index contributed by atoms with van der Waals surface area (Å²) in [6.45, 7) is 0.611. The van der Waals surface area contributed by atoms with Crippen molar-refractivity contribution in [2.75, 3.05) is 6.54 Å².